The van der Waals surface area contributed by atoms with Crippen molar-refractivity contribution in [2.24, 2.45) is 0 Å². The van der Waals surface area contributed by atoms with Gasteiger partial charge in [0.15, 0.2) is 0 Å². The summed E-state index contributed by atoms with van der Waals surface area (Å²) in [5.74, 6) is 0.830. The Bertz CT molecular complexity index is 566. The summed E-state index contributed by atoms with van der Waals surface area (Å²) in [6, 6.07) is 18.2. The minimum atomic E-state index is 0.830. The summed E-state index contributed by atoms with van der Waals surface area (Å²) in [7, 11) is 1.67. The maximum Gasteiger partial charge on any atom is 0.142 e. The lowest BCUT2D eigenvalue weighted by Crippen LogP contribution is -2.16. The Morgan fingerprint density at radius 1 is 1.05 bits per heavy atom. The lowest BCUT2D eigenvalue weighted by atomic mass is 10.2. The van der Waals surface area contributed by atoms with E-state index < -0.39 is 0 Å². The van der Waals surface area contributed by atoms with Gasteiger partial charge in [-0.15, -0.1) is 0 Å². The van der Waals surface area contributed by atoms with Crippen molar-refractivity contribution in [3.05, 3.63) is 72.4 Å². The van der Waals surface area contributed by atoms with Gasteiger partial charge in [-0.2, -0.15) is 0 Å². The molecule has 2 aromatic rings. The molecule has 3 heteroatoms. The molecule has 110 valence electrons. The molecule has 0 amide bonds. The summed E-state index contributed by atoms with van der Waals surface area (Å²) in [4.78, 5) is 0. The van der Waals surface area contributed by atoms with Gasteiger partial charge in [0.2, 0.25) is 0 Å². The molecule has 0 aliphatic heterocycles. The van der Waals surface area contributed by atoms with Gasteiger partial charge in [-0.3, -0.25) is 0 Å². The zero-order valence-electron chi connectivity index (χ0n) is 12.4. The number of hydrogen-bond donors (Lipinski definition) is 2. The van der Waals surface area contributed by atoms with Crippen LogP contribution in [0.1, 0.15) is 12.0 Å². The monoisotopic (exact) mass is 282 g/mol. The molecule has 0 spiro atoms. The summed E-state index contributed by atoms with van der Waals surface area (Å²) in [6.45, 7) is 5.83. The number of nitrogens with one attached hydrogen (secondary N) is 2. The standard InChI is InChI=1S/C18H22N2O/c1-15(20-17-10-6-7-11-18(17)21-2)12-13-19-14-16-8-4-3-5-9-16/h3-11,19-20H,1,12-14H2,2H3. The molecule has 0 radical (unpaired) electrons. The van der Waals surface area contributed by atoms with Gasteiger partial charge >= 0.3 is 0 Å². The van der Waals surface area contributed by atoms with Crippen molar-refractivity contribution in [3.63, 3.8) is 0 Å². The van der Waals surface area contributed by atoms with Crippen LogP contribution in [0, 0.1) is 0 Å². The summed E-state index contributed by atoms with van der Waals surface area (Å²) in [5, 5.41) is 6.72. The molecule has 0 fully saturated rings. The van der Waals surface area contributed by atoms with E-state index in [9.17, 15) is 0 Å². The smallest absolute Gasteiger partial charge is 0.142 e. The molecule has 0 atom stereocenters. The van der Waals surface area contributed by atoms with E-state index in [4.69, 9.17) is 4.74 Å². The third kappa shape index (κ3) is 4.97. The average Bonchev–Trinajstić information content (AvgIpc) is 2.53. The molecule has 0 aromatic heterocycles. The maximum absolute atomic E-state index is 5.31. The number of hydrogen-bond acceptors (Lipinski definition) is 3. The number of ether oxygens (including phenoxy) is 1. The van der Waals surface area contributed by atoms with Crippen molar-refractivity contribution in [2.75, 3.05) is 19.0 Å². The van der Waals surface area contributed by atoms with Crippen LogP contribution in [0.3, 0.4) is 0 Å². The highest BCUT2D eigenvalue weighted by atomic mass is 16.5. The van der Waals surface area contributed by atoms with Crippen LogP contribution < -0.4 is 15.4 Å². The maximum atomic E-state index is 5.31. The zero-order chi connectivity index (χ0) is 14.9. The molecule has 0 aliphatic carbocycles. The fourth-order valence-corrected chi connectivity index (χ4v) is 2.07. The molecular weight excluding hydrogens is 260 g/mol. The van der Waals surface area contributed by atoms with Crippen LogP contribution in [0.25, 0.3) is 0 Å². The molecule has 2 rings (SSSR count). The Hall–Kier alpha value is -2.26. The molecule has 3 nitrogen and oxygen atoms in total. The van der Waals surface area contributed by atoms with Gasteiger partial charge in [0.1, 0.15) is 5.75 Å². The third-order valence-electron chi connectivity index (χ3n) is 3.19. The largest absolute Gasteiger partial charge is 0.495 e. The normalized spacial score (nSPS) is 10.1. The average molecular weight is 282 g/mol. The number of methoxy groups -OCH3 is 1. The van der Waals surface area contributed by atoms with E-state index >= 15 is 0 Å². The van der Waals surface area contributed by atoms with E-state index in [0.717, 1.165) is 36.6 Å². The van der Waals surface area contributed by atoms with E-state index in [-0.39, 0.29) is 0 Å². The van der Waals surface area contributed by atoms with Crippen molar-refractivity contribution >= 4 is 5.69 Å². The first-order valence-corrected chi connectivity index (χ1v) is 7.12. The minimum absolute atomic E-state index is 0.830. The molecule has 0 saturated carbocycles. The highest BCUT2D eigenvalue weighted by molar-refractivity contribution is 5.58. The van der Waals surface area contributed by atoms with Crippen LogP contribution in [0.2, 0.25) is 0 Å². The topological polar surface area (TPSA) is 33.3 Å². The quantitative estimate of drug-likeness (QED) is 0.723. The second-order valence-corrected chi connectivity index (χ2v) is 4.84. The van der Waals surface area contributed by atoms with Gasteiger partial charge < -0.3 is 15.4 Å². The van der Waals surface area contributed by atoms with Crippen molar-refractivity contribution < 1.29 is 4.74 Å². The molecule has 0 saturated heterocycles. The highest BCUT2D eigenvalue weighted by Crippen LogP contribution is 2.24. The molecule has 0 heterocycles. The number of anilines is 1. The van der Waals surface area contributed by atoms with Crippen LogP contribution >= 0.6 is 0 Å². The summed E-state index contributed by atoms with van der Waals surface area (Å²) in [5.41, 5.74) is 3.22. The van der Waals surface area contributed by atoms with E-state index in [1.54, 1.807) is 7.11 Å². The Morgan fingerprint density at radius 2 is 1.76 bits per heavy atom. The van der Waals surface area contributed by atoms with Crippen LogP contribution in [0.15, 0.2) is 66.9 Å². The minimum Gasteiger partial charge on any atom is -0.495 e. The predicted molar refractivity (Wildman–Crippen MR) is 88.5 cm³/mol. The van der Waals surface area contributed by atoms with E-state index in [0.29, 0.717) is 0 Å². The number of benzene rings is 2. The molecule has 0 unspecified atom stereocenters. The molecule has 2 aromatic carbocycles. The Morgan fingerprint density at radius 3 is 2.52 bits per heavy atom. The highest BCUT2D eigenvalue weighted by Gasteiger charge is 2.02. The van der Waals surface area contributed by atoms with Gasteiger partial charge in [0, 0.05) is 18.8 Å². The zero-order valence-corrected chi connectivity index (χ0v) is 12.4. The fraction of sp³-hybridized carbons (Fsp3) is 0.222. The first-order chi connectivity index (χ1) is 10.3. The molecular formula is C18H22N2O. The van der Waals surface area contributed by atoms with Gasteiger partial charge in [-0.25, -0.2) is 0 Å². The van der Waals surface area contributed by atoms with Gasteiger partial charge in [-0.05, 0) is 24.1 Å². The van der Waals surface area contributed by atoms with Crippen molar-refractivity contribution in [1.82, 2.24) is 5.32 Å². The van der Waals surface area contributed by atoms with Gasteiger partial charge in [0.05, 0.1) is 12.8 Å². The molecule has 0 bridgehead atoms. The van der Waals surface area contributed by atoms with Crippen molar-refractivity contribution in [2.45, 2.75) is 13.0 Å². The second-order valence-electron chi connectivity index (χ2n) is 4.84. The Labute approximate surface area is 126 Å². The summed E-state index contributed by atoms with van der Waals surface area (Å²) >= 11 is 0. The third-order valence-corrected chi connectivity index (χ3v) is 3.19. The van der Waals surface area contributed by atoms with Crippen LogP contribution in [0.4, 0.5) is 5.69 Å². The summed E-state index contributed by atoms with van der Waals surface area (Å²) in [6.07, 6.45) is 0.866. The molecule has 2 N–H and O–H groups in total. The van der Waals surface area contributed by atoms with Crippen LogP contribution in [-0.4, -0.2) is 13.7 Å². The lowest BCUT2D eigenvalue weighted by Gasteiger charge is -2.13. The fourth-order valence-electron chi connectivity index (χ4n) is 2.07. The van der Waals surface area contributed by atoms with Crippen LogP contribution in [0.5, 0.6) is 5.75 Å². The lowest BCUT2D eigenvalue weighted by molar-refractivity contribution is 0.416. The molecule has 21 heavy (non-hydrogen) atoms. The van der Waals surface area contributed by atoms with Gasteiger partial charge in [-0.1, -0.05) is 49.0 Å². The number of rotatable bonds is 8. The van der Waals surface area contributed by atoms with Gasteiger partial charge in [0.25, 0.3) is 0 Å². The Balaban J connectivity index is 1.72. The Kier molecular flexibility index (Phi) is 5.85. The first kappa shape index (κ1) is 15.1. The van der Waals surface area contributed by atoms with E-state index in [1.807, 2.05) is 30.3 Å². The SMILES string of the molecule is C=C(CCNCc1ccccc1)Nc1ccccc1OC. The predicted octanol–water partition coefficient (Wildman–Crippen LogP) is 3.80. The van der Waals surface area contributed by atoms with E-state index in [1.165, 1.54) is 5.56 Å². The van der Waals surface area contributed by atoms with Crippen molar-refractivity contribution in [3.8, 4) is 5.75 Å². The first-order valence-electron chi connectivity index (χ1n) is 7.12. The summed E-state index contributed by atoms with van der Waals surface area (Å²) < 4.78 is 5.31. The second kappa shape index (κ2) is 8.12. The van der Waals surface area contributed by atoms with E-state index in [2.05, 4.69) is 41.5 Å². The van der Waals surface area contributed by atoms with Crippen LogP contribution in [-0.2, 0) is 6.54 Å². The van der Waals surface area contributed by atoms with Crippen molar-refractivity contribution in [1.29, 1.82) is 0 Å². The molecule has 0 aliphatic rings. The number of para-hydroxylation sites is 2.